The van der Waals surface area contributed by atoms with E-state index >= 15 is 8.78 Å². The third kappa shape index (κ3) is 6.11. The van der Waals surface area contributed by atoms with Gasteiger partial charge < -0.3 is 15.0 Å². The number of rotatable bonds is 7. The van der Waals surface area contributed by atoms with Crippen LogP contribution in [0.15, 0.2) is 60.7 Å². The first kappa shape index (κ1) is 32.7. The number of carbonyl (C=O) groups excluding carboxylic acids is 2. The number of nitrogens with zero attached hydrogens (tertiary/aromatic N) is 3. The van der Waals surface area contributed by atoms with Crippen LogP contribution in [0.5, 0.6) is 5.75 Å². The molecule has 3 aromatic carbocycles. The third-order valence-electron chi connectivity index (χ3n) is 9.25. The number of nitriles is 1. The smallest absolute Gasteiger partial charge is 0.238 e. The van der Waals surface area contributed by atoms with Crippen molar-refractivity contribution >= 4 is 35.0 Å². The van der Waals surface area contributed by atoms with Crippen LogP contribution >= 0.6 is 23.2 Å². The van der Waals surface area contributed by atoms with Gasteiger partial charge in [0, 0.05) is 55.1 Å². The second-order valence-electron chi connectivity index (χ2n) is 11.7. The van der Waals surface area contributed by atoms with E-state index in [1.54, 1.807) is 31.1 Å². The van der Waals surface area contributed by atoms with Crippen molar-refractivity contribution in [3.8, 4) is 11.8 Å². The van der Waals surface area contributed by atoms with Crippen molar-refractivity contribution in [2.75, 3.05) is 20.2 Å². The van der Waals surface area contributed by atoms with Gasteiger partial charge in [-0.05, 0) is 61.2 Å². The molecular weight excluding hydrogens is 621 g/mol. The number of halogens is 4. The fraction of sp³-hybridized carbons (Fsp3) is 0.382. The van der Waals surface area contributed by atoms with Gasteiger partial charge in [0.2, 0.25) is 11.8 Å². The summed E-state index contributed by atoms with van der Waals surface area (Å²) in [7, 11) is 1.55. The Hall–Kier alpha value is -3.71. The lowest BCUT2D eigenvalue weighted by molar-refractivity contribution is -0.130. The maximum atomic E-state index is 16.0. The highest BCUT2D eigenvalue weighted by Gasteiger charge is 2.63. The average molecular weight is 656 g/mol. The van der Waals surface area contributed by atoms with Crippen LogP contribution < -0.4 is 10.1 Å². The minimum absolute atomic E-state index is 0.00647. The van der Waals surface area contributed by atoms with Crippen LogP contribution in [-0.2, 0) is 21.5 Å². The SMILES string of the molecule is COc1cccc(CN2C(C)[C@](C#N)(c3ccc(Cl)cc3F)[C@@H](c3cccc(Cl)c3F)[C@@H]2C(=O)NC2CCN(C(C)=O)CC2)c1. The number of nitrogens with one attached hydrogen (secondary N) is 1. The van der Waals surface area contributed by atoms with E-state index in [4.69, 9.17) is 27.9 Å². The monoisotopic (exact) mass is 654 g/mol. The quantitative estimate of drug-likeness (QED) is 0.327. The molecule has 236 valence electrons. The highest BCUT2D eigenvalue weighted by molar-refractivity contribution is 6.31. The summed E-state index contributed by atoms with van der Waals surface area (Å²) in [5.74, 6) is -2.54. The molecule has 45 heavy (non-hydrogen) atoms. The second kappa shape index (κ2) is 13.3. The van der Waals surface area contributed by atoms with E-state index in [1.807, 2.05) is 23.1 Å². The number of carbonyl (C=O) groups is 2. The molecule has 2 saturated heterocycles. The number of ether oxygens (including phenoxy) is 1. The van der Waals surface area contributed by atoms with Crippen LogP contribution in [0.1, 0.15) is 49.3 Å². The largest absolute Gasteiger partial charge is 0.497 e. The Morgan fingerprint density at radius 1 is 1.09 bits per heavy atom. The summed E-state index contributed by atoms with van der Waals surface area (Å²) >= 11 is 12.4. The van der Waals surface area contributed by atoms with Crippen molar-refractivity contribution in [3.05, 3.63) is 99.0 Å². The highest BCUT2D eigenvalue weighted by Crippen LogP contribution is 2.54. The van der Waals surface area contributed by atoms with Crippen LogP contribution in [0.2, 0.25) is 10.0 Å². The summed E-state index contributed by atoms with van der Waals surface area (Å²) < 4.78 is 37.4. The first-order valence-electron chi connectivity index (χ1n) is 14.8. The molecule has 5 rings (SSSR count). The van der Waals surface area contributed by atoms with Crippen molar-refractivity contribution in [2.24, 2.45) is 0 Å². The molecule has 0 bridgehead atoms. The predicted molar refractivity (Wildman–Crippen MR) is 168 cm³/mol. The number of amides is 2. The molecule has 2 aliphatic rings. The molecule has 2 aliphatic heterocycles. The van der Waals surface area contributed by atoms with E-state index in [9.17, 15) is 14.9 Å². The van der Waals surface area contributed by atoms with Crippen LogP contribution in [-0.4, -0.2) is 59.9 Å². The number of methoxy groups -OCH3 is 1. The molecule has 4 atom stereocenters. The Labute approximate surface area is 271 Å². The highest BCUT2D eigenvalue weighted by atomic mass is 35.5. The van der Waals surface area contributed by atoms with Gasteiger partial charge in [-0.1, -0.05) is 53.5 Å². The van der Waals surface area contributed by atoms with Gasteiger partial charge in [0.1, 0.15) is 22.8 Å². The Balaban J connectivity index is 1.68. The predicted octanol–water partition coefficient (Wildman–Crippen LogP) is 6.23. The van der Waals surface area contributed by atoms with E-state index in [0.29, 0.717) is 31.7 Å². The van der Waals surface area contributed by atoms with Crippen LogP contribution in [0.4, 0.5) is 8.78 Å². The van der Waals surface area contributed by atoms with E-state index in [-0.39, 0.29) is 39.7 Å². The van der Waals surface area contributed by atoms with Crippen LogP contribution in [0.25, 0.3) is 0 Å². The maximum absolute atomic E-state index is 16.0. The van der Waals surface area contributed by atoms with Crippen molar-refractivity contribution in [3.63, 3.8) is 0 Å². The van der Waals surface area contributed by atoms with Gasteiger partial charge in [0.15, 0.2) is 0 Å². The fourth-order valence-corrected chi connectivity index (χ4v) is 7.30. The Morgan fingerprint density at radius 3 is 2.44 bits per heavy atom. The third-order valence-corrected chi connectivity index (χ3v) is 9.78. The number of piperidine rings is 1. The normalized spacial score (nSPS) is 23.9. The first-order chi connectivity index (χ1) is 21.5. The molecule has 0 aromatic heterocycles. The Bertz CT molecular complexity index is 1640. The molecule has 1 unspecified atom stereocenters. The van der Waals surface area contributed by atoms with Crippen LogP contribution in [0.3, 0.4) is 0 Å². The van der Waals surface area contributed by atoms with Gasteiger partial charge in [-0.3, -0.25) is 14.5 Å². The minimum atomic E-state index is -1.74. The summed E-state index contributed by atoms with van der Waals surface area (Å²) in [6.45, 7) is 4.41. The van der Waals surface area contributed by atoms with Crippen LogP contribution in [0, 0.1) is 23.0 Å². The van der Waals surface area contributed by atoms with E-state index < -0.39 is 41.0 Å². The van der Waals surface area contributed by atoms with Crippen molar-refractivity contribution < 1.29 is 23.1 Å². The molecule has 0 aliphatic carbocycles. The van der Waals surface area contributed by atoms with E-state index in [2.05, 4.69) is 11.4 Å². The average Bonchev–Trinajstić information content (AvgIpc) is 3.26. The maximum Gasteiger partial charge on any atom is 0.238 e. The standard InChI is InChI=1S/C34H34Cl2F2N4O3/c1-20-34(19-39,27-11-10-23(35)17-29(27)37)30(26-8-5-9-28(36)31(26)38)32(42(20)18-22-6-4-7-25(16-22)45-3)33(44)40-24-12-14-41(15-13-24)21(2)43/h4-11,16-17,20,24,30,32H,12-15,18H2,1-3H3,(H,40,44)/t20?,30-,32+,34+/m0/s1. The number of likely N-dealkylation sites (tertiary alicyclic amines) is 2. The molecule has 2 amide bonds. The molecule has 0 spiro atoms. The molecular formula is C34H34Cl2F2N4O3. The summed E-state index contributed by atoms with van der Waals surface area (Å²) in [6, 6.07) is 16.0. The van der Waals surface area contributed by atoms with E-state index in [1.165, 1.54) is 31.2 Å². The van der Waals surface area contributed by atoms with Crippen molar-refractivity contribution in [2.45, 2.75) is 62.7 Å². The molecule has 0 saturated carbocycles. The molecule has 3 aromatic rings. The van der Waals surface area contributed by atoms with Gasteiger partial charge in [0.05, 0.1) is 24.2 Å². The lowest BCUT2D eigenvalue weighted by Gasteiger charge is -2.35. The summed E-state index contributed by atoms with van der Waals surface area (Å²) in [6.07, 6.45) is 1.07. The van der Waals surface area contributed by atoms with Gasteiger partial charge in [0.25, 0.3) is 0 Å². The molecule has 11 heteroatoms. The summed E-state index contributed by atoms with van der Waals surface area (Å²) in [4.78, 5) is 30.0. The molecule has 2 heterocycles. The van der Waals surface area contributed by atoms with Gasteiger partial charge in [-0.15, -0.1) is 0 Å². The molecule has 0 radical (unpaired) electrons. The Morgan fingerprint density at radius 2 is 1.80 bits per heavy atom. The van der Waals surface area contributed by atoms with Crippen molar-refractivity contribution in [1.82, 2.24) is 15.1 Å². The molecule has 1 N–H and O–H groups in total. The zero-order chi connectivity index (χ0) is 32.5. The van der Waals surface area contributed by atoms with Gasteiger partial charge >= 0.3 is 0 Å². The lowest BCUT2D eigenvalue weighted by Crippen LogP contribution is -2.52. The molecule has 2 fully saturated rings. The van der Waals surface area contributed by atoms with Crippen molar-refractivity contribution in [1.29, 1.82) is 5.26 Å². The first-order valence-corrected chi connectivity index (χ1v) is 15.5. The van der Waals surface area contributed by atoms with E-state index in [0.717, 1.165) is 11.6 Å². The number of hydrogen-bond acceptors (Lipinski definition) is 5. The second-order valence-corrected chi connectivity index (χ2v) is 12.5. The Kier molecular flexibility index (Phi) is 9.68. The summed E-state index contributed by atoms with van der Waals surface area (Å²) in [5.41, 5.74) is -0.916. The summed E-state index contributed by atoms with van der Waals surface area (Å²) in [5, 5.41) is 14.2. The lowest BCUT2D eigenvalue weighted by atomic mass is 9.65. The zero-order valence-corrected chi connectivity index (χ0v) is 26.7. The zero-order valence-electron chi connectivity index (χ0n) is 25.2. The minimum Gasteiger partial charge on any atom is -0.497 e. The van der Waals surface area contributed by atoms with Gasteiger partial charge in [-0.25, -0.2) is 8.78 Å². The molecule has 7 nitrogen and oxygen atoms in total. The number of hydrogen-bond donors (Lipinski definition) is 1. The fourth-order valence-electron chi connectivity index (χ4n) is 6.96. The topological polar surface area (TPSA) is 85.7 Å². The number of benzene rings is 3. The van der Waals surface area contributed by atoms with Gasteiger partial charge in [-0.2, -0.15) is 5.26 Å².